The van der Waals surface area contributed by atoms with Gasteiger partial charge in [0.05, 0.1) is 17.2 Å². The largest absolute Gasteiger partial charge is 0.303 e. The minimum atomic E-state index is -3.36. The Bertz CT molecular complexity index is 664. The van der Waals surface area contributed by atoms with Crippen LogP contribution in [0.4, 0.5) is 0 Å². The van der Waals surface area contributed by atoms with Crippen molar-refractivity contribution in [3.05, 3.63) is 0 Å². The van der Waals surface area contributed by atoms with E-state index in [1.165, 1.54) is 0 Å². The van der Waals surface area contributed by atoms with Crippen LogP contribution in [-0.2, 0) is 14.8 Å². The number of hydrogen-bond donors (Lipinski definition) is 1. The Hall–Kier alpha value is -0.950. The maximum atomic E-state index is 12.7. The van der Waals surface area contributed by atoms with Gasteiger partial charge in [-0.3, -0.25) is 9.79 Å². The Kier molecular flexibility index (Phi) is 3.40. The molecule has 3 aliphatic carbocycles. The number of carbonyl (C=O) groups is 1. The molecule has 0 bridgehead atoms. The van der Waals surface area contributed by atoms with Crippen LogP contribution < -0.4 is 4.72 Å². The first-order valence-corrected chi connectivity index (χ1v) is 10.2. The molecule has 3 unspecified atom stereocenters. The molecule has 7 heteroatoms. The van der Waals surface area contributed by atoms with Crippen LogP contribution in [0.15, 0.2) is 4.99 Å². The average Bonchev–Trinajstić information content (AvgIpc) is 3.40. The molecule has 6 nitrogen and oxygen atoms in total. The highest BCUT2D eigenvalue weighted by molar-refractivity contribution is 7.90. The monoisotopic (exact) mass is 339 g/mol. The second-order valence-electron chi connectivity index (χ2n) is 7.98. The van der Waals surface area contributed by atoms with Gasteiger partial charge in [-0.1, -0.05) is 0 Å². The quantitative estimate of drug-likeness (QED) is 0.838. The van der Waals surface area contributed by atoms with Gasteiger partial charge >= 0.3 is 0 Å². The summed E-state index contributed by atoms with van der Waals surface area (Å²) >= 11 is 0. The molecule has 0 aromatic rings. The molecule has 4 rings (SSSR count). The molecule has 3 atom stereocenters. The molecule has 4 aliphatic rings. The van der Waals surface area contributed by atoms with E-state index in [1.54, 1.807) is 11.9 Å². The van der Waals surface area contributed by atoms with Crippen LogP contribution in [0.25, 0.3) is 0 Å². The third-order valence-electron chi connectivity index (χ3n) is 5.83. The van der Waals surface area contributed by atoms with E-state index in [9.17, 15) is 13.2 Å². The van der Waals surface area contributed by atoms with Gasteiger partial charge < -0.3 is 4.90 Å². The third kappa shape index (κ3) is 2.82. The standard InChI is InChI=1S/C16H25N3O3S/c1-16(7-8-16)18-23(21,22)11-5-6-13-12(9-11)15(20)19(2)14(17-13)10-3-4-10/h10-13,18H,3-9H2,1-2H3. The minimum absolute atomic E-state index is 0.0164. The number of carbonyl (C=O) groups excluding carboxylic acids is 1. The molecule has 0 saturated heterocycles. The van der Waals surface area contributed by atoms with Gasteiger partial charge in [0.1, 0.15) is 5.84 Å². The Morgan fingerprint density at radius 1 is 1.22 bits per heavy atom. The van der Waals surface area contributed by atoms with Crippen molar-refractivity contribution in [3.8, 4) is 0 Å². The molecular weight excluding hydrogens is 314 g/mol. The number of sulfonamides is 1. The molecule has 0 radical (unpaired) electrons. The lowest BCUT2D eigenvalue weighted by Gasteiger charge is -2.39. The first kappa shape index (κ1) is 15.6. The number of nitrogens with one attached hydrogen (secondary N) is 1. The fourth-order valence-corrected chi connectivity index (χ4v) is 5.84. The number of rotatable bonds is 4. The van der Waals surface area contributed by atoms with Gasteiger partial charge in [0, 0.05) is 18.5 Å². The predicted octanol–water partition coefficient (Wildman–Crippen LogP) is 1.28. The van der Waals surface area contributed by atoms with Crippen molar-refractivity contribution in [2.24, 2.45) is 16.8 Å². The van der Waals surface area contributed by atoms with Crippen molar-refractivity contribution in [1.29, 1.82) is 0 Å². The fraction of sp³-hybridized carbons (Fsp3) is 0.875. The van der Waals surface area contributed by atoms with E-state index in [1.807, 2.05) is 6.92 Å². The summed E-state index contributed by atoms with van der Waals surface area (Å²) in [7, 11) is -1.57. The van der Waals surface area contributed by atoms with Gasteiger partial charge in [-0.15, -0.1) is 0 Å². The van der Waals surface area contributed by atoms with Crippen LogP contribution >= 0.6 is 0 Å². The summed E-state index contributed by atoms with van der Waals surface area (Å²) in [6.45, 7) is 1.95. The Labute approximate surface area is 137 Å². The number of aliphatic imine (C=N–C) groups is 1. The zero-order chi connectivity index (χ0) is 16.4. The van der Waals surface area contributed by atoms with Gasteiger partial charge in [0.25, 0.3) is 0 Å². The van der Waals surface area contributed by atoms with Crippen molar-refractivity contribution < 1.29 is 13.2 Å². The topological polar surface area (TPSA) is 78.8 Å². The van der Waals surface area contributed by atoms with Crippen molar-refractivity contribution >= 4 is 21.8 Å². The summed E-state index contributed by atoms with van der Waals surface area (Å²) in [6, 6.07) is -0.0164. The van der Waals surface area contributed by atoms with E-state index in [0.717, 1.165) is 31.5 Å². The Balaban J connectivity index is 1.52. The highest BCUT2D eigenvalue weighted by atomic mass is 32.2. The van der Waals surface area contributed by atoms with Crippen LogP contribution in [0.1, 0.15) is 51.9 Å². The summed E-state index contributed by atoms with van der Waals surface area (Å²) in [6.07, 6.45) is 5.75. The Morgan fingerprint density at radius 3 is 2.52 bits per heavy atom. The van der Waals surface area contributed by atoms with Crippen LogP contribution in [0.2, 0.25) is 0 Å². The van der Waals surface area contributed by atoms with Gasteiger partial charge in [-0.2, -0.15) is 0 Å². The number of fused-ring (bicyclic) bond motifs is 1. The maximum absolute atomic E-state index is 12.7. The number of hydrogen-bond acceptors (Lipinski definition) is 4. The molecule has 0 aromatic heterocycles. The van der Waals surface area contributed by atoms with Gasteiger partial charge in [-0.25, -0.2) is 13.1 Å². The van der Waals surface area contributed by atoms with Crippen LogP contribution in [0.3, 0.4) is 0 Å². The lowest BCUT2D eigenvalue weighted by Crippen LogP contribution is -2.53. The molecule has 1 amide bonds. The Morgan fingerprint density at radius 2 is 1.91 bits per heavy atom. The normalized spacial score (nSPS) is 36.4. The molecule has 1 heterocycles. The van der Waals surface area contributed by atoms with Gasteiger partial charge in [-0.05, 0) is 51.9 Å². The summed E-state index contributed by atoms with van der Waals surface area (Å²) in [4.78, 5) is 19.2. The summed E-state index contributed by atoms with van der Waals surface area (Å²) in [5.74, 6) is 1.17. The lowest BCUT2D eigenvalue weighted by molar-refractivity contribution is -0.133. The first-order valence-electron chi connectivity index (χ1n) is 8.67. The molecule has 0 aromatic carbocycles. The molecule has 23 heavy (non-hydrogen) atoms. The second-order valence-corrected chi connectivity index (χ2v) is 9.94. The first-order chi connectivity index (χ1) is 10.8. The maximum Gasteiger partial charge on any atom is 0.232 e. The molecule has 0 spiro atoms. The highest BCUT2D eigenvalue weighted by Gasteiger charge is 2.49. The van der Waals surface area contributed by atoms with Crippen molar-refractivity contribution in [2.45, 2.75) is 68.7 Å². The predicted molar refractivity (Wildman–Crippen MR) is 87.5 cm³/mol. The minimum Gasteiger partial charge on any atom is -0.303 e. The van der Waals surface area contributed by atoms with E-state index in [2.05, 4.69) is 4.72 Å². The second kappa shape index (κ2) is 5.02. The van der Waals surface area contributed by atoms with E-state index < -0.39 is 15.3 Å². The van der Waals surface area contributed by atoms with Crippen molar-refractivity contribution in [3.63, 3.8) is 0 Å². The van der Waals surface area contributed by atoms with E-state index in [-0.39, 0.29) is 23.4 Å². The summed E-state index contributed by atoms with van der Waals surface area (Å²) < 4.78 is 28.1. The summed E-state index contributed by atoms with van der Waals surface area (Å²) in [5, 5.41) is -0.462. The zero-order valence-corrected chi connectivity index (χ0v) is 14.6. The number of amidine groups is 1. The van der Waals surface area contributed by atoms with Gasteiger partial charge in [0.15, 0.2) is 0 Å². The van der Waals surface area contributed by atoms with Crippen molar-refractivity contribution in [1.82, 2.24) is 9.62 Å². The lowest BCUT2D eigenvalue weighted by atomic mass is 9.82. The number of nitrogens with zero attached hydrogens (tertiary/aromatic N) is 2. The van der Waals surface area contributed by atoms with Crippen molar-refractivity contribution in [2.75, 3.05) is 7.05 Å². The fourth-order valence-electron chi connectivity index (χ4n) is 3.87. The van der Waals surface area contributed by atoms with Crippen LogP contribution in [-0.4, -0.2) is 48.9 Å². The molecule has 1 N–H and O–H groups in total. The average molecular weight is 339 g/mol. The highest BCUT2D eigenvalue weighted by Crippen LogP contribution is 2.41. The SMILES string of the molecule is CN1C(=O)C2CC(S(=O)(=O)NC3(C)CC3)CCC2N=C1C1CC1. The van der Waals surface area contributed by atoms with E-state index in [0.29, 0.717) is 25.2 Å². The van der Waals surface area contributed by atoms with Crippen LogP contribution in [0.5, 0.6) is 0 Å². The van der Waals surface area contributed by atoms with E-state index >= 15 is 0 Å². The molecule has 3 saturated carbocycles. The third-order valence-corrected chi connectivity index (χ3v) is 7.91. The summed E-state index contributed by atoms with van der Waals surface area (Å²) in [5.41, 5.74) is -0.250. The molecule has 1 aliphatic heterocycles. The van der Waals surface area contributed by atoms with Crippen LogP contribution in [0, 0.1) is 11.8 Å². The zero-order valence-electron chi connectivity index (χ0n) is 13.8. The molecular formula is C16H25N3O3S. The van der Waals surface area contributed by atoms with Gasteiger partial charge in [0.2, 0.25) is 15.9 Å². The number of amides is 1. The molecule has 3 fully saturated rings. The molecule has 128 valence electrons. The van der Waals surface area contributed by atoms with E-state index in [4.69, 9.17) is 4.99 Å². The smallest absolute Gasteiger partial charge is 0.232 e.